The smallest absolute Gasteiger partial charge is 0.255 e. The van der Waals surface area contributed by atoms with E-state index in [1.54, 1.807) is 29.3 Å². The number of carbonyl (C=O) groups excluding carboxylic acids is 2. The summed E-state index contributed by atoms with van der Waals surface area (Å²) in [6.45, 7) is 0.474. The standard InChI is InChI=1S/C23H20N6O2/c1-27-13-16(12-25-27)20-23(17-4-2-3-5-18(17)26-22(23)31)8-10-29(20)21(30)15-6-7-19-24-9-11-28(19)14-15/h2-7,9,11-14,20H,8,10H2,1H3,(H,26,31)/t20-,23+/m0/s1. The molecule has 1 fully saturated rings. The number of hydrogen-bond donors (Lipinski definition) is 1. The van der Waals surface area contributed by atoms with Crippen LogP contribution < -0.4 is 5.32 Å². The monoisotopic (exact) mass is 412 g/mol. The normalized spacial score (nSPS) is 22.3. The van der Waals surface area contributed by atoms with E-state index in [0.717, 1.165) is 22.5 Å². The molecule has 1 aromatic carbocycles. The number of amides is 2. The Balaban J connectivity index is 1.50. The number of aryl methyl sites for hydroxylation is 1. The van der Waals surface area contributed by atoms with Crippen molar-refractivity contribution >= 4 is 23.1 Å². The first kappa shape index (κ1) is 17.9. The molecule has 8 nitrogen and oxygen atoms in total. The van der Waals surface area contributed by atoms with E-state index in [1.807, 2.05) is 59.1 Å². The van der Waals surface area contributed by atoms with E-state index < -0.39 is 11.5 Å². The lowest BCUT2D eigenvalue weighted by molar-refractivity contribution is -0.121. The molecular formula is C23H20N6O2. The number of benzene rings is 1. The highest BCUT2D eigenvalue weighted by atomic mass is 16.2. The molecule has 4 aromatic rings. The van der Waals surface area contributed by atoms with Gasteiger partial charge in [0, 0.05) is 49.6 Å². The van der Waals surface area contributed by atoms with Gasteiger partial charge >= 0.3 is 0 Å². The maximum absolute atomic E-state index is 13.7. The van der Waals surface area contributed by atoms with Crippen LogP contribution in [0.1, 0.15) is 33.9 Å². The fourth-order valence-corrected chi connectivity index (χ4v) is 5.16. The van der Waals surface area contributed by atoms with Gasteiger partial charge in [0.1, 0.15) is 11.1 Å². The maximum Gasteiger partial charge on any atom is 0.255 e. The van der Waals surface area contributed by atoms with Crippen LogP contribution in [0, 0.1) is 0 Å². The Morgan fingerprint density at radius 1 is 1.19 bits per heavy atom. The molecule has 5 heterocycles. The molecule has 1 N–H and O–H groups in total. The molecule has 2 atom stereocenters. The molecule has 31 heavy (non-hydrogen) atoms. The number of carbonyl (C=O) groups is 2. The van der Waals surface area contributed by atoms with Gasteiger partial charge in [0.15, 0.2) is 0 Å². The Hall–Kier alpha value is -3.94. The predicted molar refractivity (Wildman–Crippen MR) is 114 cm³/mol. The van der Waals surface area contributed by atoms with Gasteiger partial charge in [-0.15, -0.1) is 0 Å². The number of hydrogen-bond acceptors (Lipinski definition) is 4. The number of pyridine rings is 1. The zero-order valence-electron chi connectivity index (χ0n) is 16.9. The average Bonchev–Trinajstić information content (AvgIpc) is 3.54. The van der Waals surface area contributed by atoms with Gasteiger partial charge in [-0.3, -0.25) is 14.3 Å². The van der Waals surface area contributed by atoms with Crippen molar-refractivity contribution in [3.63, 3.8) is 0 Å². The highest BCUT2D eigenvalue weighted by molar-refractivity contribution is 6.08. The zero-order valence-corrected chi connectivity index (χ0v) is 16.9. The molecule has 3 aromatic heterocycles. The highest BCUT2D eigenvalue weighted by Gasteiger charge is 2.59. The second-order valence-corrected chi connectivity index (χ2v) is 8.18. The average molecular weight is 412 g/mol. The van der Waals surface area contributed by atoms with Crippen molar-refractivity contribution in [3.8, 4) is 0 Å². The van der Waals surface area contributed by atoms with Gasteiger partial charge in [0.05, 0.1) is 17.8 Å². The summed E-state index contributed by atoms with van der Waals surface area (Å²) >= 11 is 0. The van der Waals surface area contributed by atoms with E-state index in [4.69, 9.17) is 0 Å². The molecule has 2 aliphatic heterocycles. The Bertz CT molecular complexity index is 1350. The summed E-state index contributed by atoms with van der Waals surface area (Å²) in [4.78, 5) is 33.2. The largest absolute Gasteiger partial charge is 0.330 e. The number of likely N-dealkylation sites (tertiary alicyclic amines) is 1. The summed E-state index contributed by atoms with van der Waals surface area (Å²) in [7, 11) is 1.84. The fraction of sp³-hybridized carbons (Fsp3) is 0.217. The van der Waals surface area contributed by atoms with Crippen LogP contribution in [-0.4, -0.2) is 42.4 Å². The molecule has 1 saturated heterocycles. The zero-order chi connectivity index (χ0) is 21.2. The van der Waals surface area contributed by atoms with Crippen molar-refractivity contribution < 1.29 is 9.59 Å². The molecule has 2 aliphatic rings. The van der Waals surface area contributed by atoms with Gasteiger partial charge in [-0.2, -0.15) is 5.10 Å². The van der Waals surface area contributed by atoms with Crippen LogP contribution in [-0.2, 0) is 17.3 Å². The lowest BCUT2D eigenvalue weighted by Gasteiger charge is -2.33. The van der Waals surface area contributed by atoms with Gasteiger partial charge in [-0.1, -0.05) is 18.2 Å². The molecule has 6 rings (SSSR count). The minimum atomic E-state index is -0.839. The number of nitrogens with one attached hydrogen (secondary N) is 1. The Labute approximate surface area is 178 Å². The van der Waals surface area contributed by atoms with E-state index in [2.05, 4.69) is 15.4 Å². The van der Waals surface area contributed by atoms with Gasteiger partial charge in [-0.25, -0.2) is 4.98 Å². The van der Waals surface area contributed by atoms with Gasteiger partial charge in [-0.05, 0) is 30.2 Å². The van der Waals surface area contributed by atoms with Crippen molar-refractivity contribution in [3.05, 3.63) is 84.1 Å². The molecule has 0 aliphatic carbocycles. The molecule has 8 heteroatoms. The highest BCUT2D eigenvalue weighted by Crippen LogP contribution is 2.54. The minimum Gasteiger partial charge on any atom is -0.330 e. The second kappa shape index (κ2) is 6.28. The first-order valence-corrected chi connectivity index (χ1v) is 10.2. The number of aromatic nitrogens is 4. The summed E-state index contributed by atoms with van der Waals surface area (Å²) in [5.74, 6) is -0.179. The number of para-hydroxylation sites is 1. The number of nitrogens with zero attached hydrogens (tertiary/aromatic N) is 5. The summed E-state index contributed by atoms with van der Waals surface area (Å²) in [6, 6.07) is 10.9. The summed E-state index contributed by atoms with van der Waals surface area (Å²) in [5.41, 5.74) is 3.10. The van der Waals surface area contributed by atoms with Gasteiger partial charge in [0.2, 0.25) is 5.91 Å². The topological polar surface area (TPSA) is 84.5 Å². The fourth-order valence-electron chi connectivity index (χ4n) is 5.16. The lowest BCUT2D eigenvalue weighted by Crippen LogP contribution is -2.42. The van der Waals surface area contributed by atoms with Crippen molar-refractivity contribution in [2.45, 2.75) is 17.9 Å². The Morgan fingerprint density at radius 3 is 2.90 bits per heavy atom. The number of fused-ring (bicyclic) bond motifs is 3. The first-order chi connectivity index (χ1) is 15.1. The molecule has 154 valence electrons. The third-order valence-electron chi connectivity index (χ3n) is 6.52. The van der Waals surface area contributed by atoms with Gasteiger partial charge in [0.25, 0.3) is 5.91 Å². The molecule has 0 saturated carbocycles. The third kappa shape index (κ3) is 2.41. The summed E-state index contributed by atoms with van der Waals surface area (Å²) < 4.78 is 3.54. The van der Waals surface area contributed by atoms with Gasteiger partial charge < -0.3 is 14.6 Å². The molecule has 0 unspecified atom stereocenters. The van der Waals surface area contributed by atoms with Crippen LogP contribution >= 0.6 is 0 Å². The van der Waals surface area contributed by atoms with E-state index in [0.29, 0.717) is 18.5 Å². The third-order valence-corrected chi connectivity index (χ3v) is 6.52. The van der Waals surface area contributed by atoms with E-state index in [1.165, 1.54) is 0 Å². The number of anilines is 1. The van der Waals surface area contributed by atoms with Crippen LogP contribution in [0.25, 0.3) is 5.65 Å². The number of imidazole rings is 1. The van der Waals surface area contributed by atoms with Crippen LogP contribution in [0.2, 0.25) is 0 Å². The molecule has 0 bridgehead atoms. The quantitative estimate of drug-likeness (QED) is 0.548. The van der Waals surface area contributed by atoms with Crippen LogP contribution in [0.4, 0.5) is 5.69 Å². The minimum absolute atomic E-state index is 0.0667. The summed E-state index contributed by atoms with van der Waals surface area (Å²) in [5, 5.41) is 7.37. The summed E-state index contributed by atoms with van der Waals surface area (Å²) in [6.07, 6.45) is 9.51. The lowest BCUT2D eigenvalue weighted by atomic mass is 9.73. The van der Waals surface area contributed by atoms with E-state index in [-0.39, 0.29) is 11.8 Å². The first-order valence-electron chi connectivity index (χ1n) is 10.2. The van der Waals surface area contributed by atoms with Crippen LogP contribution in [0.15, 0.2) is 67.4 Å². The second-order valence-electron chi connectivity index (χ2n) is 8.18. The molecule has 0 radical (unpaired) electrons. The van der Waals surface area contributed by atoms with E-state index in [9.17, 15) is 9.59 Å². The molecule has 2 amide bonds. The van der Waals surface area contributed by atoms with Crippen LogP contribution in [0.3, 0.4) is 0 Å². The Kier molecular flexibility index (Phi) is 3.62. The van der Waals surface area contributed by atoms with Crippen molar-refractivity contribution in [2.75, 3.05) is 11.9 Å². The number of rotatable bonds is 2. The Morgan fingerprint density at radius 2 is 2.06 bits per heavy atom. The maximum atomic E-state index is 13.7. The van der Waals surface area contributed by atoms with E-state index >= 15 is 0 Å². The molecule has 1 spiro atoms. The van der Waals surface area contributed by atoms with Crippen LogP contribution in [0.5, 0.6) is 0 Å². The SMILES string of the molecule is Cn1cc([C@@H]2N(C(=O)c3ccc4nccn4c3)CC[C@]23C(=O)Nc2ccccc23)cn1. The van der Waals surface area contributed by atoms with Crippen molar-refractivity contribution in [2.24, 2.45) is 7.05 Å². The predicted octanol–water partition coefficient (Wildman–Crippen LogP) is 2.55. The van der Waals surface area contributed by atoms with Crippen molar-refractivity contribution in [1.29, 1.82) is 0 Å². The van der Waals surface area contributed by atoms with Crippen molar-refractivity contribution in [1.82, 2.24) is 24.1 Å². The molecular weight excluding hydrogens is 392 g/mol.